The zero-order chi connectivity index (χ0) is 11.5. The van der Waals surface area contributed by atoms with Crippen molar-refractivity contribution in [3.8, 4) is 5.75 Å². The highest BCUT2D eigenvalue weighted by Gasteiger charge is 2.29. The van der Waals surface area contributed by atoms with Crippen molar-refractivity contribution < 1.29 is 9.53 Å². The van der Waals surface area contributed by atoms with Crippen LogP contribution in [0.25, 0.3) is 0 Å². The van der Waals surface area contributed by atoms with Gasteiger partial charge in [-0.1, -0.05) is 12.1 Å². The number of hydrogen-bond acceptors (Lipinski definition) is 2. The van der Waals surface area contributed by atoms with Gasteiger partial charge in [-0.3, -0.25) is 4.79 Å². The van der Waals surface area contributed by atoms with Gasteiger partial charge in [0.15, 0.2) is 0 Å². The molecule has 0 radical (unpaired) electrons. The summed E-state index contributed by atoms with van der Waals surface area (Å²) in [5.41, 5.74) is 2.22. The number of nitrogens with one attached hydrogen (secondary N) is 1. The number of aryl methyl sites for hydroxylation is 1. The van der Waals surface area contributed by atoms with Gasteiger partial charge in [-0.2, -0.15) is 0 Å². The van der Waals surface area contributed by atoms with Gasteiger partial charge in [-0.05, 0) is 37.0 Å². The molecule has 2 rings (SSSR count). The van der Waals surface area contributed by atoms with Crippen LogP contribution in [-0.4, -0.2) is 13.0 Å². The molecule has 3 heteroatoms. The Hall–Kier alpha value is -1.51. The van der Waals surface area contributed by atoms with Gasteiger partial charge in [0.25, 0.3) is 0 Å². The lowest BCUT2D eigenvalue weighted by molar-refractivity contribution is -0.122. The number of ether oxygens (including phenoxy) is 1. The highest BCUT2D eigenvalue weighted by Crippen LogP contribution is 2.28. The van der Waals surface area contributed by atoms with Crippen LogP contribution in [-0.2, 0) is 11.3 Å². The number of hydrogen-bond donors (Lipinski definition) is 1. The molecule has 1 N–H and O–H groups in total. The molecule has 0 spiro atoms. The van der Waals surface area contributed by atoms with Crippen LogP contribution in [0, 0.1) is 12.8 Å². The maximum Gasteiger partial charge on any atom is 0.223 e. The normalized spacial score (nSPS) is 14.6. The monoisotopic (exact) mass is 219 g/mol. The highest BCUT2D eigenvalue weighted by atomic mass is 16.5. The van der Waals surface area contributed by atoms with E-state index in [2.05, 4.69) is 5.32 Å². The predicted octanol–water partition coefficient (Wildman–Crippen LogP) is 2.03. The van der Waals surface area contributed by atoms with Crippen LogP contribution < -0.4 is 10.1 Å². The van der Waals surface area contributed by atoms with E-state index in [4.69, 9.17) is 4.74 Å². The smallest absolute Gasteiger partial charge is 0.223 e. The lowest BCUT2D eigenvalue weighted by Gasteiger charge is -2.08. The quantitative estimate of drug-likeness (QED) is 0.841. The molecule has 0 heterocycles. The summed E-state index contributed by atoms with van der Waals surface area (Å²) in [4.78, 5) is 11.5. The van der Waals surface area contributed by atoms with E-state index < -0.39 is 0 Å². The Kier molecular flexibility index (Phi) is 3.13. The minimum atomic E-state index is 0.188. The molecule has 1 amide bonds. The Morgan fingerprint density at radius 1 is 1.50 bits per heavy atom. The third-order valence-electron chi connectivity index (χ3n) is 2.87. The van der Waals surface area contributed by atoms with E-state index in [1.54, 1.807) is 7.11 Å². The van der Waals surface area contributed by atoms with Gasteiger partial charge < -0.3 is 10.1 Å². The third kappa shape index (κ3) is 2.54. The fourth-order valence-electron chi connectivity index (χ4n) is 1.73. The Bertz CT molecular complexity index is 397. The van der Waals surface area contributed by atoms with E-state index in [1.807, 2.05) is 25.1 Å². The summed E-state index contributed by atoms with van der Waals surface area (Å²) in [5.74, 6) is 1.35. The van der Waals surface area contributed by atoms with E-state index in [1.165, 1.54) is 0 Å². The number of carbonyl (C=O) groups excluding carboxylic acids is 1. The van der Waals surface area contributed by atoms with Crippen molar-refractivity contribution in [2.24, 2.45) is 5.92 Å². The summed E-state index contributed by atoms with van der Waals surface area (Å²) in [7, 11) is 1.66. The van der Waals surface area contributed by atoms with Crippen molar-refractivity contribution in [3.63, 3.8) is 0 Å². The predicted molar refractivity (Wildman–Crippen MR) is 62.3 cm³/mol. The van der Waals surface area contributed by atoms with Crippen molar-refractivity contribution in [3.05, 3.63) is 29.3 Å². The molecule has 1 aliphatic carbocycles. The van der Waals surface area contributed by atoms with E-state index in [9.17, 15) is 4.79 Å². The fraction of sp³-hybridized carbons (Fsp3) is 0.462. The largest absolute Gasteiger partial charge is 0.496 e. The first kappa shape index (κ1) is 11.0. The lowest BCUT2D eigenvalue weighted by atomic mass is 10.1. The molecule has 1 aromatic rings. The van der Waals surface area contributed by atoms with Crippen molar-refractivity contribution in [2.45, 2.75) is 26.3 Å². The van der Waals surface area contributed by atoms with Crippen LogP contribution in [0.15, 0.2) is 18.2 Å². The summed E-state index contributed by atoms with van der Waals surface area (Å²) in [5, 5.41) is 2.95. The Labute approximate surface area is 95.8 Å². The van der Waals surface area contributed by atoms with Crippen molar-refractivity contribution in [1.29, 1.82) is 0 Å². The molecule has 1 aliphatic rings. The minimum absolute atomic E-state index is 0.188. The zero-order valence-corrected chi connectivity index (χ0v) is 9.75. The van der Waals surface area contributed by atoms with Crippen LogP contribution >= 0.6 is 0 Å². The van der Waals surface area contributed by atoms with Gasteiger partial charge in [0.05, 0.1) is 7.11 Å². The molecule has 86 valence electrons. The van der Waals surface area contributed by atoms with E-state index >= 15 is 0 Å². The van der Waals surface area contributed by atoms with Gasteiger partial charge in [0, 0.05) is 12.5 Å². The molecule has 1 saturated carbocycles. The van der Waals surface area contributed by atoms with E-state index in [0.29, 0.717) is 6.54 Å². The number of rotatable bonds is 4. The minimum Gasteiger partial charge on any atom is -0.496 e. The molecule has 0 atom stereocenters. The summed E-state index contributed by atoms with van der Waals surface area (Å²) >= 11 is 0. The van der Waals surface area contributed by atoms with Gasteiger partial charge in [-0.15, -0.1) is 0 Å². The number of amides is 1. The maximum absolute atomic E-state index is 11.5. The first-order valence-electron chi connectivity index (χ1n) is 5.62. The molecule has 1 aromatic carbocycles. The second kappa shape index (κ2) is 4.56. The second-order valence-corrected chi connectivity index (χ2v) is 4.30. The topological polar surface area (TPSA) is 38.3 Å². The molecule has 3 nitrogen and oxygen atoms in total. The third-order valence-corrected chi connectivity index (χ3v) is 2.87. The highest BCUT2D eigenvalue weighted by molar-refractivity contribution is 5.80. The summed E-state index contributed by atoms with van der Waals surface area (Å²) in [6.45, 7) is 2.62. The summed E-state index contributed by atoms with van der Waals surface area (Å²) < 4.78 is 5.19. The molecule has 16 heavy (non-hydrogen) atoms. The van der Waals surface area contributed by atoms with Crippen LogP contribution in [0.4, 0.5) is 0 Å². The standard InChI is InChI=1S/C13H17NO2/c1-9-7-10(3-6-12(9)16-2)8-14-13(15)11-4-5-11/h3,6-7,11H,4-5,8H2,1-2H3,(H,14,15). The van der Waals surface area contributed by atoms with Crippen molar-refractivity contribution in [1.82, 2.24) is 5.32 Å². The van der Waals surface area contributed by atoms with Gasteiger partial charge >= 0.3 is 0 Å². The van der Waals surface area contributed by atoms with Crippen LogP contribution in [0.5, 0.6) is 5.75 Å². The summed E-state index contributed by atoms with van der Waals surface area (Å²) in [6.07, 6.45) is 2.10. The van der Waals surface area contributed by atoms with Crippen molar-refractivity contribution in [2.75, 3.05) is 7.11 Å². The van der Waals surface area contributed by atoms with Crippen molar-refractivity contribution >= 4 is 5.91 Å². The maximum atomic E-state index is 11.5. The molecule has 0 aromatic heterocycles. The molecule has 1 fully saturated rings. The average molecular weight is 219 g/mol. The van der Waals surface area contributed by atoms with Gasteiger partial charge in [-0.25, -0.2) is 0 Å². The first-order chi connectivity index (χ1) is 7.70. The molecular formula is C13H17NO2. The zero-order valence-electron chi connectivity index (χ0n) is 9.75. The molecular weight excluding hydrogens is 202 g/mol. The van der Waals surface area contributed by atoms with Crippen LogP contribution in [0.2, 0.25) is 0 Å². The Balaban J connectivity index is 1.93. The molecule has 0 saturated heterocycles. The molecule has 0 bridgehead atoms. The molecule has 0 aliphatic heterocycles. The van der Waals surface area contributed by atoms with Crippen LogP contribution in [0.3, 0.4) is 0 Å². The SMILES string of the molecule is COc1ccc(CNC(=O)C2CC2)cc1C. The molecule has 0 unspecified atom stereocenters. The summed E-state index contributed by atoms with van der Waals surface area (Å²) in [6, 6.07) is 5.97. The Morgan fingerprint density at radius 3 is 2.81 bits per heavy atom. The number of carbonyl (C=O) groups is 1. The van der Waals surface area contributed by atoms with Gasteiger partial charge in [0.2, 0.25) is 5.91 Å². The lowest BCUT2D eigenvalue weighted by Crippen LogP contribution is -2.24. The first-order valence-corrected chi connectivity index (χ1v) is 5.62. The number of benzene rings is 1. The van der Waals surface area contributed by atoms with E-state index in [0.717, 1.165) is 29.7 Å². The second-order valence-electron chi connectivity index (χ2n) is 4.30. The fourth-order valence-corrected chi connectivity index (χ4v) is 1.73. The van der Waals surface area contributed by atoms with Gasteiger partial charge in [0.1, 0.15) is 5.75 Å². The van der Waals surface area contributed by atoms with Crippen LogP contribution in [0.1, 0.15) is 24.0 Å². The Morgan fingerprint density at radius 2 is 2.25 bits per heavy atom. The number of methoxy groups -OCH3 is 1. The van der Waals surface area contributed by atoms with E-state index in [-0.39, 0.29) is 11.8 Å². The average Bonchev–Trinajstić information content (AvgIpc) is 3.10.